The first kappa shape index (κ1) is 13.1. The first-order chi connectivity index (χ1) is 8.61. The van der Waals surface area contributed by atoms with Crippen LogP contribution < -0.4 is 10.5 Å². The quantitative estimate of drug-likeness (QED) is 0.826. The van der Waals surface area contributed by atoms with Gasteiger partial charge >= 0.3 is 0 Å². The van der Waals surface area contributed by atoms with E-state index in [4.69, 9.17) is 5.11 Å². The summed E-state index contributed by atoms with van der Waals surface area (Å²) in [4.78, 5) is 21.0. The lowest BCUT2D eigenvalue weighted by Crippen LogP contribution is -2.43. The van der Waals surface area contributed by atoms with Crippen molar-refractivity contribution in [3.05, 3.63) is 22.2 Å². The van der Waals surface area contributed by atoms with Crippen molar-refractivity contribution in [1.29, 1.82) is 0 Å². The number of anilines is 1. The molecule has 1 fully saturated rings. The van der Waals surface area contributed by atoms with Gasteiger partial charge in [-0.25, -0.2) is 4.98 Å². The van der Waals surface area contributed by atoms with Crippen LogP contribution in [0.25, 0.3) is 0 Å². The highest BCUT2D eigenvalue weighted by Gasteiger charge is 2.26. The van der Waals surface area contributed by atoms with Crippen molar-refractivity contribution in [2.75, 3.05) is 18.1 Å². The number of aromatic amines is 1. The number of rotatable bonds is 5. The molecule has 1 aliphatic rings. The van der Waals surface area contributed by atoms with Crippen LogP contribution in [-0.2, 0) is 0 Å². The minimum Gasteiger partial charge on any atom is -0.395 e. The third-order valence-corrected chi connectivity index (χ3v) is 3.44. The maximum atomic E-state index is 11.7. The average Bonchev–Trinajstić information content (AvgIpc) is 2.25. The molecule has 0 radical (unpaired) electrons. The Labute approximate surface area is 107 Å². The topological polar surface area (TPSA) is 69.2 Å². The number of hydrogen-bond donors (Lipinski definition) is 2. The zero-order valence-electron chi connectivity index (χ0n) is 11.0. The predicted molar refractivity (Wildman–Crippen MR) is 71.0 cm³/mol. The highest BCUT2D eigenvalue weighted by atomic mass is 16.3. The summed E-state index contributed by atoms with van der Waals surface area (Å²) in [5.74, 6) is 1.59. The Bertz CT molecular complexity index is 452. The van der Waals surface area contributed by atoms with Gasteiger partial charge in [0.15, 0.2) is 0 Å². The highest BCUT2D eigenvalue weighted by molar-refractivity contribution is 5.40. The molecule has 1 aromatic rings. The summed E-state index contributed by atoms with van der Waals surface area (Å²) >= 11 is 0. The molecule has 0 atom stereocenters. The SMILES string of the molecule is CC(C)c1nc(N(CCO)C2CCC2)cc(=O)[nH]1. The molecule has 2 rings (SSSR count). The number of aliphatic hydroxyl groups is 1. The van der Waals surface area contributed by atoms with Gasteiger partial charge < -0.3 is 15.0 Å². The molecular weight excluding hydrogens is 230 g/mol. The zero-order valence-corrected chi connectivity index (χ0v) is 11.0. The van der Waals surface area contributed by atoms with Crippen LogP contribution in [0.3, 0.4) is 0 Å². The molecule has 1 saturated carbocycles. The third-order valence-electron chi connectivity index (χ3n) is 3.44. The maximum absolute atomic E-state index is 11.7. The molecule has 0 bridgehead atoms. The maximum Gasteiger partial charge on any atom is 0.252 e. The van der Waals surface area contributed by atoms with Crippen molar-refractivity contribution in [1.82, 2.24) is 9.97 Å². The van der Waals surface area contributed by atoms with E-state index in [1.165, 1.54) is 12.5 Å². The summed E-state index contributed by atoms with van der Waals surface area (Å²) in [6.07, 6.45) is 3.45. The molecule has 100 valence electrons. The minimum atomic E-state index is -0.119. The molecule has 1 aromatic heterocycles. The molecule has 0 aromatic carbocycles. The van der Waals surface area contributed by atoms with Crippen molar-refractivity contribution in [2.45, 2.75) is 45.1 Å². The van der Waals surface area contributed by atoms with Crippen molar-refractivity contribution in [3.63, 3.8) is 0 Å². The van der Waals surface area contributed by atoms with Crippen LogP contribution in [-0.4, -0.2) is 34.3 Å². The Balaban J connectivity index is 2.31. The Morgan fingerprint density at radius 2 is 2.28 bits per heavy atom. The zero-order chi connectivity index (χ0) is 13.1. The van der Waals surface area contributed by atoms with Gasteiger partial charge in [-0.1, -0.05) is 13.8 Å². The molecule has 0 saturated heterocycles. The largest absolute Gasteiger partial charge is 0.395 e. The van der Waals surface area contributed by atoms with Gasteiger partial charge in [-0.15, -0.1) is 0 Å². The molecule has 1 aliphatic carbocycles. The number of aliphatic hydroxyl groups excluding tert-OH is 1. The predicted octanol–water partition coefficient (Wildman–Crippen LogP) is 1.24. The molecule has 5 heteroatoms. The summed E-state index contributed by atoms with van der Waals surface area (Å²) in [6, 6.07) is 1.95. The van der Waals surface area contributed by atoms with E-state index in [2.05, 4.69) is 14.9 Å². The van der Waals surface area contributed by atoms with E-state index >= 15 is 0 Å². The molecule has 0 unspecified atom stereocenters. The number of aromatic nitrogens is 2. The van der Waals surface area contributed by atoms with Gasteiger partial charge in [0.1, 0.15) is 11.6 Å². The molecule has 1 heterocycles. The Morgan fingerprint density at radius 3 is 2.78 bits per heavy atom. The standard InChI is InChI=1S/C13H21N3O2/c1-9(2)13-14-11(8-12(18)15-13)16(6-7-17)10-4-3-5-10/h8-10,17H,3-7H2,1-2H3,(H,14,15,18). The van der Waals surface area contributed by atoms with Crippen LogP contribution in [0.4, 0.5) is 5.82 Å². The van der Waals surface area contributed by atoms with E-state index in [0.29, 0.717) is 24.2 Å². The lowest BCUT2D eigenvalue weighted by atomic mass is 9.91. The minimum absolute atomic E-state index is 0.0853. The average molecular weight is 251 g/mol. The fourth-order valence-corrected chi connectivity index (χ4v) is 2.17. The first-order valence-electron chi connectivity index (χ1n) is 6.60. The van der Waals surface area contributed by atoms with E-state index < -0.39 is 0 Å². The van der Waals surface area contributed by atoms with Crippen LogP contribution >= 0.6 is 0 Å². The fourth-order valence-electron chi connectivity index (χ4n) is 2.17. The molecule has 2 N–H and O–H groups in total. The summed E-state index contributed by atoms with van der Waals surface area (Å²) in [5.41, 5.74) is -0.119. The van der Waals surface area contributed by atoms with Crippen molar-refractivity contribution < 1.29 is 5.11 Å². The van der Waals surface area contributed by atoms with Gasteiger partial charge in [0, 0.05) is 24.6 Å². The molecule has 18 heavy (non-hydrogen) atoms. The molecule has 5 nitrogen and oxygen atoms in total. The summed E-state index contributed by atoms with van der Waals surface area (Å²) < 4.78 is 0. The second-order valence-electron chi connectivity index (χ2n) is 5.15. The Morgan fingerprint density at radius 1 is 1.56 bits per heavy atom. The number of H-pyrrole nitrogens is 1. The molecule has 0 aliphatic heterocycles. The fraction of sp³-hybridized carbons (Fsp3) is 0.692. The summed E-state index contributed by atoms with van der Waals surface area (Å²) in [6.45, 7) is 4.63. The number of nitrogens with zero attached hydrogens (tertiary/aromatic N) is 2. The van der Waals surface area contributed by atoms with Crippen LogP contribution in [0, 0.1) is 0 Å². The lowest BCUT2D eigenvalue weighted by molar-refractivity contribution is 0.282. The van der Waals surface area contributed by atoms with Gasteiger partial charge in [0.25, 0.3) is 5.56 Å². The van der Waals surface area contributed by atoms with Gasteiger partial charge in [-0.3, -0.25) is 4.79 Å². The van der Waals surface area contributed by atoms with Gasteiger partial charge in [0.05, 0.1) is 6.61 Å². The van der Waals surface area contributed by atoms with Crippen molar-refractivity contribution in [3.8, 4) is 0 Å². The van der Waals surface area contributed by atoms with E-state index in [9.17, 15) is 4.79 Å². The molecule has 0 amide bonds. The summed E-state index contributed by atoms with van der Waals surface area (Å²) in [7, 11) is 0. The van der Waals surface area contributed by atoms with E-state index in [1.807, 2.05) is 13.8 Å². The van der Waals surface area contributed by atoms with Crippen LogP contribution in [0.1, 0.15) is 44.9 Å². The van der Waals surface area contributed by atoms with Crippen molar-refractivity contribution in [2.24, 2.45) is 0 Å². The van der Waals surface area contributed by atoms with Gasteiger partial charge in [0.2, 0.25) is 0 Å². The summed E-state index contributed by atoms with van der Waals surface area (Å²) in [5, 5.41) is 9.16. The smallest absolute Gasteiger partial charge is 0.252 e. The van der Waals surface area contributed by atoms with Crippen LogP contribution in [0.15, 0.2) is 10.9 Å². The van der Waals surface area contributed by atoms with Crippen LogP contribution in [0.5, 0.6) is 0 Å². The number of hydrogen-bond acceptors (Lipinski definition) is 4. The highest BCUT2D eigenvalue weighted by Crippen LogP contribution is 2.28. The Kier molecular flexibility index (Phi) is 4.01. The molecular formula is C13H21N3O2. The van der Waals surface area contributed by atoms with Crippen LogP contribution in [0.2, 0.25) is 0 Å². The second kappa shape index (κ2) is 5.52. The third kappa shape index (κ3) is 2.72. The van der Waals surface area contributed by atoms with E-state index in [1.54, 1.807) is 0 Å². The number of nitrogens with one attached hydrogen (secondary N) is 1. The second-order valence-corrected chi connectivity index (χ2v) is 5.15. The van der Waals surface area contributed by atoms with Gasteiger partial charge in [-0.2, -0.15) is 0 Å². The van der Waals surface area contributed by atoms with E-state index in [-0.39, 0.29) is 18.1 Å². The lowest BCUT2D eigenvalue weighted by Gasteiger charge is -2.38. The van der Waals surface area contributed by atoms with Crippen molar-refractivity contribution >= 4 is 5.82 Å². The van der Waals surface area contributed by atoms with E-state index in [0.717, 1.165) is 12.8 Å². The molecule has 0 spiro atoms. The normalized spacial score (nSPS) is 15.8. The van der Waals surface area contributed by atoms with Gasteiger partial charge in [-0.05, 0) is 19.3 Å². The first-order valence-corrected chi connectivity index (χ1v) is 6.60. The monoisotopic (exact) mass is 251 g/mol. The Hall–Kier alpha value is -1.36.